The van der Waals surface area contributed by atoms with Gasteiger partial charge in [0.2, 0.25) is 0 Å². The van der Waals surface area contributed by atoms with Crippen molar-refractivity contribution in [3.63, 3.8) is 0 Å². The van der Waals surface area contributed by atoms with E-state index in [2.05, 4.69) is 0 Å². The van der Waals surface area contributed by atoms with E-state index in [9.17, 15) is 9.59 Å². The quantitative estimate of drug-likeness (QED) is 0.638. The van der Waals surface area contributed by atoms with Gasteiger partial charge in [-0.15, -0.1) is 0 Å². The van der Waals surface area contributed by atoms with Gasteiger partial charge in [-0.2, -0.15) is 0 Å². The molecular formula is C12H21NO3. The van der Waals surface area contributed by atoms with Crippen molar-refractivity contribution in [2.45, 2.75) is 65.1 Å². The molecule has 1 amide bonds. The number of likely N-dealkylation sites (tertiary alicyclic amines) is 1. The van der Waals surface area contributed by atoms with E-state index in [1.807, 2.05) is 34.6 Å². The van der Waals surface area contributed by atoms with Gasteiger partial charge in [0.1, 0.15) is 11.4 Å². The van der Waals surface area contributed by atoms with Gasteiger partial charge in [-0.25, -0.2) is 4.79 Å². The second-order valence-corrected chi connectivity index (χ2v) is 5.53. The summed E-state index contributed by atoms with van der Waals surface area (Å²) in [5.41, 5.74) is -0.488. The standard InChI is InChI=1S/C12H21NO3/c1-8-6-10(14)7-9(2)13(8)11(15)16-12(3,4)5/h8-9H,6-7H2,1-5H3. The van der Waals surface area contributed by atoms with Gasteiger partial charge in [0, 0.05) is 24.9 Å². The largest absolute Gasteiger partial charge is 0.444 e. The molecule has 1 fully saturated rings. The topological polar surface area (TPSA) is 46.6 Å². The van der Waals surface area contributed by atoms with Gasteiger partial charge >= 0.3 is 6.09 Å². The minimum Gasteiger partial charge on any atom is -0.444 e. The van der Waals surface area contributed by atoms with Crippen molar-refractivity contribution in [3.8, 4) is 0 Å². The molecule has 0 radical (unpaired) electrons. The molecule has 0 saturated carbocycles. The van der Waals surface area contributed by atoms with E-state index in [0.29, 0.717) is 12.8 Å². The third kappa shape index (κ3) is 3.22. The zero-order chi connectivity index (χ0) is 12.5. The summed E-state index contributed by atoms with van der Waals surface area (Å²) < 4.78 is 5.33. The number of carbonyl (C=O) groups is 2. The number of amides is 1. The number of rotatable bonds is 0. The highest BCUT2D eigenvalue weighted by Gasteiger charge is 2.35. The summed E-state index contributed by atoms with van der Waals surface area (Å²) in [7, 11) is 0. The van der Waals surface area contributed by atoms with Gasteiger partial charge in [0.05, 0.1) is 0 Å². The number of Topliss-reactive ketones (excluding diaryl/α,β-unsaturated/α-hetero) is 1. The molecule has 2 atom stereocenters. The first-order valence-electron chi connectivity index (χ1n) is 5.73. The molecule has 0 spiro atoms. The first-order valence-corrected chi connectivity index (χ1v) is 5.73. The SMILES string of the molecule is CC1CC(=O)CC(C)N1C(=O)OC(C)(C)C. The third-order valence-corrected chi connectivity index (χ3v) is 2.60. The van der Waals surface area contributed by atoms with Gasteiger partial charge in [0.25, 0.3) is 0 Å². The molecule has 1 heterocycles. The van der Waals surface area contributed by atoms with Crippen LogP contribution in [-0.2, 0) is 9.53 Å². The Kier molecular flexibility index (Phi) is 3.61. The maximum absolute atomic E-state index is 11.9. The highest BCUT2D eigenvalue weighted by atomic mass is 16.6. The van der Waals surface area contributed by atoms with E-state index in [1.165, 1.54) is 0 Å². The van der Waals surface area contributed by atoms with Crippen molar-refractivity contribution in [1.82, 2.24) is 4.90 Å². The van der Waals surface area contributed by atoms with Crippen LogP contribution in [-0.4, -0.2) is 34.5 Å². The normalized spacial score (nSPS) is 26.8. The molecule has 1 aliphatic heterocycles. The van der Waals surface area contributed by atoms with Gasteiger partial charge in [-0.3, -0.25) is 4.79 Å². The number of piperidine rings is 1. The van der Waals surface area contributed by atoms with Crippen molar-refractivity contribution in [2.24, 2.45) is 0 Å². The molecule has 4 heteroatoms. The number of hydrogen-bond donors (Lipinski definition) is 0. The molecule has 16 heavy (non-hydrogen) atoms. The zero-order valence-corrected chi connectivity index (χ0v) is 10.7. The summed E-state index contributed by atoms with van der Waals surface area (Å²) >= 11 is 0. The van der Waals surface area contributed by atoms with Crippen LogP contribution in [0.5, 0.6) is 0 Å². The predicted molar refractivity (Wildman–Crippen MR) is 61.2 cm³/mol. The Morgan fingerprint density at radius 1 is 1.25 bits per heavy atom. The summed E-state index contributed by atoms with van der Waals surface area (Å²) in [6.45, 7) is 9.30. The first-order chi connectivity index (χ1) is 7.20. The smallest absolute Gasteiger partial charge is 0.410 e. The van der Waals surface area contributed by atoms with Crippen molar-refractivity contribution in [2.75, 3.05) is 0 Å². The molecule has 0 aromatic carbocycles. The van der Waals surface area contributed by atoms with Crippen molar-refractivity contribution in [3.05, 3.63) is 0 Å². The number of nitrogens with zero attached hydrogens (tertiary/aromatic N) is 1. The monoisotopic (exact) mass is 227 g/mol. The maximum atomic E-state index is 11.9. The van der Waals surface area contributed by atoms with Crippen LogP contribution in [0.2, 0.25) is 0 Å². The van der Waals surface area contributed by atoms with E-state index in [1.54, 1.807) is 4.90 Å². The lowest BCUT2D eigenvalue weighted by molar-refractivity contribution is -0.124. The lowest BCUT2D eigenvalue weighted by atomic mass is 9.97. The second kappa shape index (κ2) is 4.44. The summed E-state index contributed by atoms with van der Waals surface area (Å²) in [5, 5.41) is 0. The molecular weight excluding hydrogens is 206 g/mol. The van der Waals surface area contributed by atoms with Crippen molar-refractivity contribution >= 4 is 11.9 Å². The Labute approximate surface area is 96.9 Å². The van der Waals surface area contributed by atoms with Crippen LogP contribution in [0.15, 0.2) is 0 Å². The van der Waals surface area contributed by atoms with Gasteiger partial charge in [0.15, 0.2) is 0 Å². The molecule has 1 saturated heterocycles. The zero-order valence-electron chi connectivity index (χ0n) is 10.7. The van der Waals surface area contributed by atoms with Crippen molar-refractivity contribution < 1.29 is 14.3 Å². The van der Waals surface area contributed by atoms with Crippen LogP contribution in [0.3, 0.4) is 0 Å². The molecule has 0 bridgehead atoms. The van der Waals surface area contributed by atoms with E-state index in [-0.39, 0.29) is 24.0 Å². The van der Waals surface area contributed by atoms with Gasteiger partial charge in [-0.05, 0) is 34.6 Å². The van der Waals surface area contributed by atoms with E-state index >= 15 is 0 Å². The molecule has 0 aromatic heterocycles. The van der Waals surface area contributed by atoms with Crippen LogP contribution in [0.4, 0.5) is 4.79 Å². The molecule has 0 aliphatic carbocycles. The number of ether oxygens (including phenoxy) is 1. The number of ketones is 1. The minimum absolute atomic E-state index is 0.0638. The van der Waals surface area contributed by atoms with Crippen LogP contribution in [0.1, 0.15) is 47.5 Å². The summed E-state index contributed by atoms with van der Waals surface area (Å²) in [5.74, 6) is 0.222. The molecule has 1 rings (SSSR count). The average Bonchev–Trinajstić information content (AvgIpc) is 1.96. The molecule has 0 aromatic rings. The lowest BCUT2D eigenvalue weighted by Gasteiger charge is -2.38. The Bertz CT molecular complexity index is 279. The molecule has 0 N–H and O–H groups in total. The number of hydrogen-bond acceptors (Lipinski definition) is 3. The van der Waals surface area contributed by atoms with E-state index in [4.69, 9.17) is 4.74 Å². The highest BCUT2D eigenvalue weighted by Crippen LogP contribution is 2.22. The van der Waals surface area contributed by atoms with Gasteiger partial charge < -0.3 is 9.64 Å². The van der Waals surface area contributed by atoms with Crippen LogP contribution in [0, 0.1) is 0 Å². The predicted octanol–water partition coefficient (Wildman–Crippen LogP) is 2.36. The fraction of sp³-hybridized carbons (Fsp3) is 0.833. The van der Waals surface area contributed by atoms with Crippen molar-refractivity contribution in [1.29, 1.82) is 0 Å². The molecule has 2 unspecified atom stereocenters. The highest BCUT2D eigenvalue weighted by molar-refractivity contribution is 5.82. The Balaban J connectivity index is 2.71. The average molecular weight is 227 g/mol. The van der Waals surface area contributed by atoms with Crippen LogP contribution < -0.4 is 0 Å². The van der Waals surface area contributed by atoms with E-state index < -0.39 is 5.60 Å². The summed E-state index contributed by atoms with van der Waals surface area (Å²) in [4.78, 5) is 25.0. The maximum Gasteiger partial charge on any atom is 0.410 e. The Hall–Kier alpha value is -1.06. The Morgan fingerprint density at radius 2 is 1.69 bits per heavy atom. The number of carbonyl (C=O) groups excluding carboxylic acids is 2. The lowest BCUT2D eigenvalue weighted by Crippen LogP contribution is -2.51. The van der Waals surface area contributed by atoms with Crippen LogP contribution >= 0.6 is 0 Å². The Morgan fingerprint density at radius 3 is 2.06 bits per heavy atom. The van der Waals surface area contributed by atoms with Crippen LogP contribution in [0.25, 0.3) is 0 Å². The summed E-state index contributed by atoms with van der Waals surface area (Å²) in [6, 6.07) is -0.128. The molecule has 92 valence electrons. The second-order valence-electron chi connectivity index (χ2n) is 5.53. The fourth-order valence-corrected chi connectivity index (χ4v) is 2.05. The summed E-state index contributed by atoms with van der Waals surface area (Å²) in [6.07, 6.45) is 0.549. The first kappa shape index (κ1) is 13.0. The van der Waals surface area contributed by atoms with Gasteiger partial charge in [-0.1, -0.05) is 0 Å². The fourth-order valence-electron chi connectivity index (χ4n) is 2.05. The van der Waals surface area contributed by atoms with E-state index in [0.717, 1.165) is 0 Å². The third-order valence-electron chi connectivity index (χ3n) is 2.60. The molecule has 1 aliphatic rings. The minimum atomic E-state index is -0.488. The molecule has 4 nitrogen and oxygen atoms in total.